The van der Waals surface area contributed by atoms with Gasteiger partial charge in [-0.1, -0.05) is 6.92 Å². The molecular weight excluding hydrogens is 398 g/mol. The highest BCUT2D eigenvalue weighted by Gasteiger charge is 2.41. The second kappa shape index (κ2) is 8.40. The van der Waals surface area contributed by atoms with Crippen LogP contribution in [0.3, 0.4) is 0 Å². The summed E-state index contributed by atoms with van der Waals surface area (Å²) in [5, 5.41) is 2.93. The predicted octanol–water partition coefficient (Wildman–Crippen LogP) is 1.35. The van der Waals surface area contributed by atoms with Crippen LogP contribution in [0.1, 0.15) is 37.0 Å². The molecule has 2 aliphatic rings. The number of likely N-dealkylation sites (tertiary alicyclic amines) is 1. The summed E-state index contributed by atoms with van der Waals surface area (Å²) in [7, 11) is -3.67. The Bertz CT molecular complexity index is 891. The monoisotopic (exact) mass is 423 g/mol. The minimum absolute atomic E-state index is 0.0609. The Kier molecular flexibility index (Phi) is 6.11. The average Bonchev–Trinajstić information content (AvgIpc) is 2.89. The van der Waals surface area contributed by atoms with Gasteiger partial charge in [0, 0.05) is 24.7 Å². The van der Waals surface area contributed by atoms with Crippen molar-refractivity contribution in [2.24, 2.45) is 5.92 Å². The van der Waals surface area contributed by atoms with Crippen molar-refractivity contribution < 1.29 is 27.5 Å². The lowest BCUT2D eigenvalue weighted by Crippen LogP contribution is -2.46. The van der Waals surface area contributed by atoms with Gasteiger partial charge in [-0.3, -0.25) is 9.59 Å². The molecule has 2 heterocycles. The van der Waals surface area contributed by atoms with Crippen LogP contribution in [0.25, 0.3) is 0 Å². The summed E-state index contributed by atoms with van der Waals surface area (Å²) < 4.78 is 30.1. The maximum Gasteiger partial charge on any atom is 0.409 e. The molecule has 3 amide bonds. The van der Waals surface area contributed by atoms with Crippen molar-refractivity contribution in [2.75, 3.05) is 29.8 Å². The van der Waals surface area contributed by atoms with Crippen LogP contribution in [0.15, 0.2) is 24.3 Å². The molecule has 3 rings (SSSR count). The summed E-state index contributed by atoms with van der Waals surface area (Å²) in [5.41, 5.74) is 0.609. The van der Waals surface area contributed by atoms with E-state index in [4.69, 9.17) is 4.74 Å². The molecule has 1 aromatic carbocycles. The molecule has 2 aliphatic heterocycles. The van der Waals surface area contributed by atoms with Crippen LogP contribution in [-0.4, -0.2) is 62.7 Å². The normalized spacial score (nSPS) is 21.9. The van der Waals surface area contributed by atoms with E-state index >= 15 is 0 Å². The van der Waals surface area contributed by atoms with Crippen molar-refractivity contribution in [1.82, 2.24) is 10.2 Å². The van der Waals surface area contributed by atoms with Gasteiger partial charge in [-0.25, -0.2) is 17.5 Å². The van der Waals surface area contributed by atoms with Gasteiger partial charge in [-0.05, 0) is 44.0 Å². The van der Waals surface area contributed by atoms with Crippen LogP contribution >= 0.6 is 0 Å². The number of carbonyl (C=O) groups is 3. The number of anilines is 1. The first-order valence-corrected chi connectivity index (χ1v) is 11.2. The van der Waals surface area contributed by atoms with Crippen molar-refractivity contribution in [3.63, 3.8) is 0 Å². The third-order valence-electron chi connectivity index (χ3n) is 5.08. The molecular formula is C19H25N3O6S. The minimum Gasteiger partial charge on any atom is -0.450 e. The Balaban J connectivity index is 1.59. The molecule has 0 unspecified atom stereocenters. The molecule has 0 saturated carbocycles. The van der Waals surface area contributed by atoms with Gasteiger partial charge in [0.05, 0.1) is 24.0 Å². The first-order valence-electron chi connectivity index (χ1n) is 9.62. The van der Waals surface area contributed by atoms with Crippen LogP contribution < -0.4 is 9.62 Å². The van der Waals surface area contributed by atoms with Crippen molar-refractivity contribution >= 4 is 33.6 Å². The molecule has 158 valence electrons. The van der Waals surface area contributed by atoms with Crippen LogP contribution in [-0.2, 0) is 19.6 Å². The Hall–Kier alpha value is -2.62. The number of hydrogen-bond acceptors (Lipinski definition) is 6. The van der Waals surface area contributed by atoms with E-state index in [-0.39, 0.29) is 29.5 Å². The molecule has 0 radical (unpaired) electrons. The van der Waals surface area contributed by atoms with E-state index in [2.05, 4.69) is 5.32 Å². The predicted molar refractivity (Wildman–Crippen MR) is 106 cm³/mol. The third kappa shape index (κ3) is 4.52. The van der Waals surface area contributed by atoms with E-state index in [9.17, 15) is 22.8 Å². The van der Waals surface area contributed by atoms with Crippen LogP contribution in [0.5, 0.6) is 0 Å². The topological polar surface area (TPSA) is 113 Å². The molecule has 10 heteroatoms. The van der Waals surface area contributed by atoms with Gasteiger partial charge in [0.25, 0.3) is 5.91 Å². The molecule has 0 aliphatic carbocycles. The van der Waals surface area contributed by atoms with Crippen molar-refractivity contribution in [2.45, 2.75) is 32.7 Å². The Labute approximate surface area is 170 Å². The quantitative estimate of drug-likeness (QED) is 0.782. The van der Waals surface area contributed by atoms with Gasteiger partial charge in [0.15, 0.2) is 0 Å². The highest BCUT2D eigenvalue weighted by molar-refractivity contribution is 7.94. The maximum absolute atomic E-state index is 12.5. The summed E-state index contributed by atoms with van der Waals surface area (Å²) in [6.45, 7) is 4.68. The number of sulfonamides is 1. The minimum atomic E-state index is -3.67. The van der Waals surface area contributed by atoms with Gasteiger partial charge >= 0.3 is 6.09 Å². The lowest BCUT2D eigenvalue weighted by Gasteiger charge is -2.31. The maximum atomic E-state index is 12.5. The largest absolute Gasteiger partial charge is 0.450 e. The molecule has 1 aromatic rings. The second-order valence-corrected chi connectivity index (χ2v) is 9.13. The van der Waals surface area contributed by atoms with E-state index in [0.29, 0.717) is 38.1 Å². The summed E-state index contributed by atoms with van der Waals surface area (Å²) >= 11 is 0. The lowest BCUT2D eigenvalue weighted by molar-refractivity contribution is -0.119. The van der Waals surface area contributed by atoms with Crippen molar-refractivity contribution in [1.29, 1.82) is 0 Å². The molecule has 1 atom stereocenters. The molecule has 0 aromatic heterocycles. The number of amides is 3. The molecule has 0 spiro atoms. The number of ether oxygens (including phenoxy) is 1. The molecule has 29 heavy (non-hydrogen) atoms. The van der Waals surface area contributed by atoms with E-state index in [1.165, 1.54) is 24.3 Å². The zero-order valence-electron chi connectivity index (χ0n) is 16.5. The fourth-order valence-electron chi connectivity index (χ4n) is 3.52. The van der Waals surface area contributed by atoms with Gasteiger partial charge < -0.3 is 15.0 Å². The Morgan fingerprint density at radius 1 is 1.17 bits per heavy atom. The van der Waals surface area contributed by atoms with E-state index in [1.807, 2.05) is 0 Å². The molecule has 2 fully saturated rings. The Morgan fingerprint density at radius 3 is 2.31 bits per heavy atom. The number of nitrogens with one attached hydrogen (secondary N) is 1. The summed E-state index contributed by atoms with van der Waals surface area (Å²) in [6, 6.07) is 5.88. The van der Waals surface area contributed by atoms with E-state index in [1.54, 1.807) is 18.7 Å². The molecule has 9 nitrogen and oxygen atoms in total. The number of carbonyl (C=O) groups excluding carboxylic acids is 3. The molecule has 0 bridgehead atoms. The van der Waals surface area contributed by atoms with Gasteiger partial charge in [-0.15, -0.1) is 0 Å². The van der Waals surface area contributed by atoms with Crippen molar-refractivity contribution in [3.8, 4) is 0 Å². The van der Waals surface area contributed by atoms with Gasteiger partial charge in [-0.2, -0.15) is 0 Å². The Morgan fingerprint density at radius 2 is 1.79 bits per heavy atom. The number of rotatable bonds is 4. The van der Waals surface area contributed by atoms with E-state index < -0.39 is 21.8 Å². The smallest absolute Gasteiger partial charge is 0.409 e. The van der Waals surface area contributed by atoms with Crippen LogP contribution in [0.2, 0.25) is 0 Å². The lowest BCUT2D eigenvalue weighted by atomic mass is 10.0. The number of benzene rings is 1. The first-order chi connectivity index (χ1) is 13.7. The number of nitrogens with zero attached hydrogens (tertiary/aromatic N) is 2. The zero-order valence-corrected chi connectivity index (χ0v) is 17.3. The summed E-state index contributed by atoms with van der Waals surface area (Å²) in [6.07, 6.45) is 0.913. The number of piperidine rings is 1. The first kappa shape index (κ1) is 21.1. The zero-order chi connectivity index (χ0) is 21.2. The highest BCUT2D eigenvalue weighted by atomic mass is 32.2. The van der Waals surface area contributed by atoms with Gasteiger partial charge in [0.2, 0.25) is 15.9 Å². The highest BCUT2D eigenvalue weighted by Crippen LogP contribution is 2.28. The van der Waals surface area contributed by atoms with Crippen molar-refractivity contribution in [3.05, 3.63) is 29.8 Å². The summed E-state index contributed by atoms with van der Waals surface area (Å²) in [4.78, 5) is 38.0. The average molecular weight is 423 g/mol. The number of hydrogen-bond donors (Lipinski definition) is 1. The summed E-state index contributed by atoms with van der Waals surface area (Å²) in [5.74, 6) is -1.53. The van der Waals surface area contributed by atoms with Crippen LogP contribution in [0, 0.1) is 5.92 Å². The SMILES string of the molecule is CCOC(=O)N1CCC(NC(=O)c2ccc(N3C(=O)[C@H](C)CS3(=O)=O)cc2)CC1. The van der Waals surface area contributed by atoms with Gasteiger partial charge in [0.1, 0.15) is 0 Å². The second-order valence-electron chi connectivity index (χ2n) is 7.26. The standard InChI is InChI=1S/C19H25N3O6S/c1-3-28-19(25)21-10-8-15(9-11-21)20-17(23)14-4-6-16(7-5-14)22-18(24)13(2)12-29(22,26)27/h4-7,13,15H,3,8-12H2,1-2H3,(H,20,23)/t13-/m1/s1. The fraction of sp³-hybridized carbons (Fsp3) is 0.526. The van der Waals surface area contributed by atoms with E-state index in [0.717, 1.165) is 4.31 Å². The molecule has 2 saturated heterocycles. The van der Waals surface area contributed by atoms with Crippen LogP contribution in [0.4, 0.5) is 10.5 Å². The fourth-order valence-corrected chi connectivity index (χ4v) is 5.35. The molecule has 1 N–H and O–H groups in total. The third-order valence-corrected chi connectivity index (χ3v) is 6.95.